The van der Waals surface area contributed by atoms with Crippen molar-refractivity contribution in [3.8, 4) is 5.82 Å². The van der Waals surface area contributed by atoms with Gasteiger partial charge >= 0.3 is 0 Å². The summed E-state index contributed by atoms with van der Waals surface area (Å²) >= 11 is 0. The molecule has 3 rings (SSSR count). The standard InChI is InChI=1S/C23H29FN6/c1-5-25-22(29-16-23(3,4)19-7-6-8-20(24)13-19)28-15-18-9-10-21(27-14-18)30-12-11-26-17(30)2/h6-14H,5,15-16H2,1-4H3,(H2,25,28,29). The molecular formula is C23H29FN6. The third kappa shape index (κ3) is 5.43. The first kappa shape index (κ1) is 21.5. The zero-order valence-electron chi connectivity index (χ0n) is 18.0. The SMILES string of the molecule is CCNC(=NCc1ccc(-n2ccnc2C)nc1)NCC(C)(C)c1cccc(F)c1. The summed E-state index contributed by atoms with van der Waals surface area (Å²) < 4.78 is 15.5. The van der Waals surface area contributed by atoms with E-state index in [2.05, 4.69) is 39.4 Å². The van der Waals surface area contributed by atoms with Gasteiger partial charge in [0.1, 0.15) is 17.5 Å². The highest BCUT2D eigenvalue weighted by Gasteiger charge is 2.21. The first-order chi connectivity index (χ1) is 14.4. The molecule has 0 aliphatic carbocycles. The van der Waals surface area contributed by atoms with Crippen molar-refractivity contribution >= 4 is 5.96 Å². The predicted molar refractivity (Wildman–Crippen MR) is 118 cm³/mol. The van der Waals surface area contributed by atoms with Crippen molar-refractivity contribution in [2.75, 3.05) is 13.1 Å². The number of imidazole rings is 1. The fourth-order valence-electron chi connectivity index (χ4n) is 3.10. The molecule has 2 aromatic heterocycles. The molecule has 2 heterocycles. The van der Waals surface area contributed by atoms with Crippen molar-refractivity contribution in [1.29, 1.82) is 0 Å². The maximum atomic E-state index is 13.6. The van der Waals surface area contributed by atoms with Gasteiger partial charge in [0.25, 0.3) is 0 Å². The van der Waals surface area contributed by atoms with Crippen molar-refractivity contribution in [2.24, 2.45) is 4.99 Å². The quantitative estimate of drug-likeness (QED) is 0.462. The topological polar surface area (TPSA) is 67.1 Å². The molecule has 1 aromatic carbocycles. The van der Waals surface area contributed by atoms with Crippen LogP contribution >= 0.6 is 0 Å². The Bertz CT molecular complexity index is 991. The van der Waals surface area contributed by atoms with Gasteiger partial charge in [-0.15, -0.1) is 0 Å². The second kappa shape index (κ2) is 9.52. The summed E-state index contributed by atoms with van der Waals surface area (Å²) in [4.78, 5) is 13.4. The van der Waals surface area contributed by atoms with Crippen LogP contribution in [-0.2, 0) is 12.0 Å². The summed E-state index contributed by atoms with van der Waals surface area (Å²) in [5.74, 6) is 2.23. The summed E-state index contributed by atoms with van der Waals surface area (Å²) in [5, 5.41) is 6.64. The molecular weight excluding hydrogens is 379 g/mol. The average molecular weight is 409 g/mol. The van der Waals surface area contributed by atoms with Gasteiger partial charge < -0.3 is 10.6 Å². The molecule has 0 saturated heterocycles. The van der Waals surface area contributed by atoms with E-state index >= 15 is 0 Å². The number of hydrogen-bond donors (Lipinski definition) is 2. The van der Waals surface area contributed by atoms with Crippen LogP contribution in [0.5, 0.6) is 0 Å². The van der Waals surface area contributed by atoms with Gasteiger partial charge in [-0.1, -0.05) is 32.0 Å². The fourth-order valence-corrected chi connectivity index (χ4v) is 3.10. The van der Waals surface area contributed by atoms with Gasteiger partial charge in [0, 0.05) is 37.1 Å². The van der Waals surface area contributed by atoms with Crippen LogP contribution in [0.15, 0.2) is 60.0 Å². The molecule has 0 atom stereocenters. The number of aromatic nitrogens is 3. The highest BCUT2D eigenvalue weighted by atomic mass is 19.1. The molecule has 0 radical (unpaired) electrons. The first-order valence-electron chi connectivity index (χ1n) is 10.1. The molecule has 158 valence electrons. The molecule has 0 spiro atoms. The normalized spacial score (nSPS) is 12.1. The molecule has 30 heavy (non-hydrogen) atoms. The van der Waals surface area contributed by atoms with Crippen LogP contribution in [0.4, 0.5) is 4.39 Å². The van der Waals surface area contributed by atoms with Crippen LogP contribution < -0.4 is 10.6 Å². The molecule has 3 aromatic rings. The number of pyridine rings is 1. The van der Waals surface area contributed by atoms with E-state index in [0.717, 1.165) is 35.3 Å². The maximum Gasteiger partial charge on any atom is 0.191 e. The van der Waals surface area contributed by atoms with E-state index in [1.165, 1.54) is 6.07 Å². The van der Waals surface area contributed by atoms with Crippen LogP contribution in [0, 0.1) is 12.7 Å². The van der Waals surface area contributed by atoms with Crippen LogP contribution in [0.2, 0.25) is 0 Å². The second-order valence-electron chi connectivity index (χ2n) is 7.81. The molecule has 7 heteroatoms. The van der Waals surface area contributed by atoms with Gasteiger partial charge in [-0.2, -0.15) is 0 Å². The Morgan fingerprint density at radius 2 is 2.00 bits per heavy atom. The molecule has 2 N–H and O–H groups in total. The molecule has 6 nitrogen and oxygen atoms in total. The van der Waals surface area contributed by atoms with Gasteiger partial charge in [0.2, 0.25) is 0 Å². The zero-order chi connectivity index (χ0) is 21.6. The molecule has 0 saturated carbocycles. The number of rotatable bonds is 7. The van der Waals surface area contributed by atoms with Gasteiger partial charge in [-0.05, 0) is 43.2 Å². The highest BCUT2D eigenvalue weighted by molar-refractivity contribution is 5.79. The number of nitrogens with one attached hydrogen (secondary N) is 2. The third-order valence-electron chi connectivity index (χ3n) is 4.95. The van der Waals surface area contributed by atoms with Crippen molar-refractivity contribution in [3.63, 3.8) is 0 Å². The predicted octanol–water partition coefficient (Wildman–Crippen LogP) is 3.75. The van der Waals surface area contributed by atoms with Gasteiger partial charge in [-0.3, -0.25) is 4.57 Å². The largest absolute Gasteiger partial charge is 0.357 e. The lowest BCUT2D eigenvalue weighted by molar-refractivity contribution is 0.503. The number of nitrogens with zero attached hydrogens (tertiary/aromatic N) is 4. The number of benzene rings is 1. The van der Waals surface area contributed by atoms with Crippen molar-refractivity contribution < 1.29 is 4.39 Å². The van der Waals surface area contributed by atoms with E-state index < -0.39 is 0 Å². The lowest BCUT2D eigenvalue weighted by Crippen LogP contribution is -2.43. The van der Waals surface area contributed by atoms with E-state index in [4.69, 9.17) is 0 Å². The molecule has 0 fully saturated rings. The Labute approximate surface area is 177 Å². The van der Waals surface area contributed by atoms with E-state index in [0.29, 0.717) is 13.1 Å². The van der Waals surface area contributed by atoms with Gasteiger partial charge in [0.05, 0.1) is 6.54 Å². The monoisotopic (exact) mass is 408 g/mol. The number of aliphatic imine (C=N–C) groups is 1. The molecule has 0 aliphatic rings. The van der Waals surface area contributed by atoms with Gasteiger partial charge in [0.15, 0.2) is 5.96 Å². The van der Waals surface area contributed by atoms with Crippen LogP contribution in [0.25, 0.3) is 5.82 Å². The minimum absolute atomic E-state index is 0.219. The molecule has 0 bridgehead atoms. The van der Waals surface area contributed by atoms with Crippen LogP contribution in [0.1, 0.15) is 37.7 Å². The lowest BCUT2D eigenvalue weighted by atomic mass is 9.84. The molecule has 0 unspecified atom stereocenters. The molecule has 0 amide bonds. The summed E-state index contributed by atoms with van der Waals surface area (Å²) in [6.07, 6.45) is 5.48. The summed E-state index contributed by atoms with van der Waals surface area (Å²) in [6, 6.07) is 10.7. The van der Waals surface area contributed by atoms with E-state index in [-0.39, 0.29) is 11.2 Å². The van der Waals surface area contributed by atoms with Crippen LogP contribution in [-0.4, -0.2) is 33.6 Å². The Hall–Kier alpha value is -3.22. The molecule has 0 aliphatic heterocycles. The minimum Gasteiger partial charge on any atom is -0.357 e. The van der Waals surface area contributed by atoms with Crippen molar-refractivity contribution in [2.45, 2.75) is 39.7 Å². The summed E-state index contributed by atoms with van der Waals surface area (Å²) in [7, 11) is 0. The lowest BCUT2D eigenvalue weighted by Gasteiger charge is -2.27. The number of guanidine groups is 1. The van der Waals surface area contributed by atoms with Crippen molar-refractivity contribution in [3.05, 3.63) is 77.8 Å². The Kier molecular flexibility index (Phi) is 6.82. The Morgan fingerprint density at radius 1 is 1.17 bits per heavy atom. The van der Waals surface area contributed by atoms with E-state index in [1.54, 1.807) is 18.3 Å². The van der Waals surface area contributed by atoms with E-state index in [1.807, 2.05) is 49.0 Å². The highest BCUT2D eigenvalue weighted by Crippen LogP contribution is 2.22. The number of halogens is 1. The van der Waals surface area contributed by atoms with E-state index in [9.17, 15) is 4.39 Å². The third-order valence-corrected chi connectivity index (χ3v) is 4.95. The zero-order valence-corrected chi connectivity index (χ0v) is 18.0. The Balaban J connectivity index is 1.65. The Morgan fingerprint density at radius 3 is 2.63 bits per heavy atom. The maximum absolute atomic E-state index is 13.6. The summed E-state index contributed by atoms with van der Waals surface area (Å²) in [5.41, 5.74) is 1.71. The first-order valence-corrected chi connectivity index (χ1v) is 10.1. The average Bonchev–Trinajstić information content (AvgIpc) is 3.16. The smallest absolute Gasteiger partial charge is 0.191 e. The van der Waals surface area contributed by atoms with Crippen LogP contribution in [0.3, 0.4) is 0 Å². The number of hydrogen-bond acceptors (Lipinski definition) is 3. The number of aryl methyl sites for hydroxylation is 1. The van der Waals surface area contributed by atoms with Gasteiger partial charge in [-0.25, -0.2) is 19.4 Å². The fraction of sp³-hybridized carbons (Fsp3) is 0.348. The summed E-state index contributed by atoms with van der Waals surface area (Å²) in [6.45, 7) is 10.0. The van der Waals surface area contributed by atoms with Crippen molar-refractivity contribution in [1.82, 2.24) is 25.2 Å². The second-order valence-corrected chi connectivity index (χ2v) is 7.81. The minimum atomic E-state index is -0.246.